The number of rotatable bonds is 13. The predicted molar refractivity (Wildman–Crippen MR) is 193 cm³/mol. The van der Waals surface area contributed by atoms with Gasteiger partial charge in [-0.15, -0.1) is 5.10 Å². The van der Waals surface area contributed by atoms with Crippen molar-refractivity contribution in [3.8, 4) is 0 Å². The molecule has 266 valence electrons. The Balaban J connectivity index is 1.24. The highest BCUT2D eigenvalue weighted by Gasteiger charge is 2.39. The van der Waals surface area contributed by atoms with Crippen LogP contribution in [0, 0.1) is 12.8 Å². The Hall–Kier alpha value is -4.44. The molecule has 51 heavy (non-hydrogen) atoms. The second-order valence-corrected chi connectivity index (χ2v) is 15.2. The fraction of sp³-hybridized carbons (Fsp3) is 0.297. The number of sulfonamides is 1. The Labute approximate surface area is 301 Å². The van der Waals surface area contributed by atoms with Gasteiger partial charge in [0.15, 0.2) is 6.29 Å². The van der Waals surface area contributed by atoms with Gasteiger partial charge in [0.25, 0.3) is 0 Å². The van der Waals surface area contributed by atoms with Crippen LogP contribution in [-0.4, -0.2) is 57.5 Å². The summed E-state index contributed by atoms with van der Waals surface area (Å²) in [5, 5.41) is 24.9. The molecule has 2 heterocycles. The van der Waals surface area contributed by atoms with Crippen molar-refractivity contribution in [2.24, 2.45) is 13.0 Å². The SMILES string of the molecule is Cc1ccc(S(=O)(=O)N[C@H](Cc2ccccc2)C(=O)Nc2cccc([C@H]3O[C@@H](CSc4nnnn4C)[C@@H](C)[C@@H](c4ccc(CO)cc4)O3)c2)cc1. The van der Waals surface area contributed by atoms with Crippen LogP contribution in [-0.2, 0) is 44.4 Å². The number of aromatic nitrogens is 4. The summed E-state index contributed by atoms with van der Waals surface area (Å²) in [7, 11) is -2.23. The molecular weight excluding hydrogens is 689 g/mol. The molecule has 4 aromatic carbocycles. The molecule has 0 spiro atoms. The molecule has 14 heteroatoms. The van der Waals surface area contributed by atoms with Gasteiger partial charge < -0.3 is 19.9 Å². The molecule has 3 N–H and O–H groups in total. The molecular formula is C37H40N6O6S2. The average Bonchev–Trinajstić information content (AvgIpc) is 3.55. The van der Waals surface area contributed by atoms with E-state index in [0.29, 0.717) is 22.2 Å². The summed E-state index contributed by atoms with van der Waals surface area (Å²) in [6, 6.07) is 29.4. The topological polar surface area (TPSA) is 158 Å². The first-order valence-electron chi connectivity index (χ1n) is 16.5. The number of amides is 1. The van der Waals surface area contributed by atoms with Gasteiger partial charge in [0, 0.05) is 30.0 Å². The van der Waals surface area contributed by atoms with Crippen LogP contribution in [0.2, 0.25) is 0 Å². The summed E-state index contributed by atoms with van der Waals surface area (Å²) in [6.07, 6.45) is -1.26. The standard InChI is InChI=1S/C37H40N6O6S2/c1-24-12-18-31(19-13-24)51(46,47)40-32(20-26-8-5-4-6-9-26)35(45)38-30-11-7-10-29(21-30)36-48-33(23-50-37-39-41-42-43(37)3)25(2)34(49-36)28-16-14-27(22-44)15-17-28/h4-19,21,25,32-34,36,40,44H,20,22-23H2,1-3H3,(H,38,45)/t25-,32-,33+,34+,36+/m1/s1. The zero-order valence-corrected chi connectivity index (χ0v) is 30.0. The van der Waals surface area contributed by atoms with Gasteiger partial charge in [-0.05, 0) is 64.7 Å². The summed E-state index contributed by atoms with van der Waals surface area (Å²) in [4.78, 5) is 13.9. The molecule has 1 aliphatic heterocycles. The predicted octanol–water partition coefficient (Wildman–Crippen LogP) is 5.12. The lowest BCUT2D eigenvalue weighted by Gasteiger charge is -2.41. The molecule has 0 radical (unpaired) electrons. The third-order valence-corrected chi connectivity index (χ3v) is 11.3. The third-order valence-electron chi connectivity index (χ3n) is 8.74. The van der Waals surface area contributed by atoms with Gasteiger partial charge in [-0.3, -0.25) is 4.79 Å². The molecule has 1 aliphatic rings. The lowest BCUT2D eigenvalue weighted by molar-refractivity contribution is -0.268. The smallest absolute Gasteiger partial charge is 0.242 e. The van der Waals surface area contributed by atoms with Crippen LogP contribution in [0.4, 0.5) is 5.69 Å². The van der Waals surface area contributed by atoms with Crippen molar-refractivity contribution in [3.63, 3.8) is 0 Å². The first-order chi connectivity index (χ1) is 24.6. The highest BCUT2D eigenvalue weighted by Crippen LogP contribution is 2.43. The van der Waals surface area contributed by atoms with Crippen molar-refractivity contribution in [1.29, 1.82) is 0 Å². The van der Waals surface area contributed by atoms with Gasteiger partial charge in [0.1, 0.15) is 6.04 Å². The van der Waals surface area contributed by atoms with E-state index in [2.05, 4.69) is 32.5 Å². The van der Waals surface area contributed by atoms with Gasteiger partial charge >= 0.3 is 0 Å². The van der Waals surface area contributed by atoms with Gasteiger partial charge in [0.2, 0.25) is 21.1 Å². The lowest BCUT2D eigenvalue weighted by atomic mass is 9.91. The molecule has 1 aromatic heterocycles. The maximum absolute atomic E-state index is 13.8. The van der Waals surface area contributed by atoms with E-state index in [1.165, 1.54) is 23.9 Å². The summed E-state index contributed by atoms with van der Waals surface area (Å²) >= 11 is 1.48. The zero-order chi connectivity index (χ0) is 36.0. The highest BCUT2D eigenvalue weighted by molar-refractivity contribution is 7.99. The second kappa shape index (κ2) is 16.3. The van der Waals surface area contributed by atoms with Gasteiger partial charge in [0.05, 0.1) is 23.7 Å². The summed E-state index contributed by atoms with van der Waals surface area (Å²) < 4.78 is 44.2. The molecule has 5 atom stereocenters. The Bertz CT molecular complexity index is 2030. The summed E-state index contributed by atoms with van der Waals surface area (Å²) in [6.45, 7) is 3.89. The van der Waals surface area contributed by atoms with Crippen LogP contribution in [0.3, 0.4) is 0 Å². The number of benzene rings is 4. The largest absolute Gasteiger partial charge is 0.392 e. The Kier molecular flexibility index (Phi) is 11.6. The number of carbonyl (C=O) groups is 1. The molecule has 1 saturated heterocycles. The number of tetrazole rings is 1. The molecule has 0 saturated carbocycles. The van der Waals surface area contributed by atoms with Crippen molar-refractivity contribution >= 4 is 33.4 Å². The number of aliphatic hydroxyl groups excluding tert-OH is 1. The summed E-state index contributed by atoms with van der Waals surface area (Å²) in [5.74, 6) is -0.0172. The number of aryl methyl sites for hydroxylation is 2. The van der Waals surface area contributed by atoms with Crippen molar-refractivity contribution in [3.05, 3.63) is 131 Å². The van der Waals surface area contributed by atoms with Crippen LogP contribution >= 0.6 is 11.8 Å². The molecule has 1 amide bonds. The fourth-order valence-electron chi connectivity index (χ4n) is 5.81. The molecule has 0 unspecified atom stereocenters. The van der Waals surface area contributed by atoms with Gasteiger partial charge in [-0.25, -0.2) is 13.1 Å². The Morgan fingerprint density at radius 3 is 2.37 bits per heavy atom. The first-order valence-corrected chi connectivity index (χ1v) is 19.0. The van der Waals surface area contributed by atoms with Crippen LogP contribution in [0.15, 0.2) is 113 Å². The van der Waals surface area contributed by atoms with E-state index >= 15 is 0 Å². The number of nitrogens with zero attached hydrogens (tertiary/aromatic N) is 4. The van der Waals surface area contributed by atoms with E-state index in [4.69, 9.17) is 9.47 Å². The van der Waals surface area contributed by atoms with Crippen molar-refractivity contribution in [1.82, 2.24) is 24.9 Å². The number of hydrogen-bond donors (Lipinski definition) is 3. The molecule has 5 aromatic rings. The highest BCUT2D eigenvalue weighted by atomic mass is 32.2. The van der Waals surface area contributed by atoms with Crippen LogP contribution in [0.5, 0.6) is 0 Å². The second-order valence-electron chi connectivity index (χ2n) is 12.5. The number of hydrogen-bond acceptors (Lipinski definition) is 10. The van der Waals surface area contributed by atoms with Gasteiger partial charge in [-0.1, -0.05) is 103 Å². The monoisotopic (exact) mass is 728 g/mol. The van der Waals surface area contributed by atoms with E-state index in [1.54, 1.807) is 42.1 Å². The summed E-state index contributed by atoms with van der Waals surface area (Å²) in [5.41, 5.74) is 4.59. The van der Waals surface area contributed by atoms with Crippen molar-refractivity contribution < 1.29 is 27.8 Å². The van der Waals surface area contributed by atoms with E-state index < -0.39 is 28.3 Å². The minimum atomic E-state index is -4.01. The Morgan fingerprint density at radius 1 is 0.941 bits per heavy atom. The maximum atomic E-state index is 13.8. The Morgan fingerprint density at radius 2 is 1.69 bits per heavy atom. The number of ether oxygens (including phenoxy) is 2. The van der Waals surface area contributed by atoms with Crippen molar-refractivity contribution in [2.45, 2.75) is 61.5 Å². The normalized spacial score (nSPS) is 19.8. The maximum Gasteiger partial charge on any atom is 0.242 e. The molecule has 0 bridgehead atoms. The van der Waals surface area contributed by atoms with E-state index in [0.717, 1.165) is 22.3 Å². The minimum absolute atomic E-state index is 0.0573. The lowest BCUT2D eigenvalue weighted by Crippen LogP contribution is -2.45. The molecule has 1 fully saturated rings. The number of carbonyl (C=O) groups excluding carboxylic acids is 1. The molecule has 6 rings (SSSR count). The van der Waals surface area contributed by atoms with E-state index in [9.17, 15) is 18.3 Å². The van der Waals surface area contributed by atoms with Crippen LogP contribution in [0.25, 0.3) is 0 Å². The third kappa shape index (κ3) is 9.08. The average molecular weight is 729 g/mol. The minimum Gasteiger partial charge on any atom is -0.392 e. The quantitative estimate of drug-likeness (QED) is 0.139. The van der Waals surface area contributed by atoms with E-state index in [1.807, 2.05) is 67.6 Å². The first kappa shape index (κ1) is 36.4. The number of nitrogens with one attached hydrogen (secondary N) is 2. The number of aliphatic hydroxyl groups is 1. The van der Waals surface area contributed by atoms with Crippen molar-refractivity contribution in [2.75, 3.05) is 11.1 Å². The van der Waals surface area contributed by atoms with Gasteiger partial charge in [-0.2, -0.15) is 4.72 Å². The van der Waals surface area contributed by atoms with Crippen LogP contribution in [0.1, 0.15) is 47.1 Å². The van der Waals surface area contributed by atoms with Crippen LogP contribution < -0.4 is 10.0 Å². The zero-order valence-electron chi connectivity index (χ0n) is 28.4. The number of thioether (sulfide) groups is 1. The fourth-order valence-corrected chi connectivity index (χ4v) is 8.02. The van der Waals surface area contributed by atoms with E-state index in [-0.39, 0.29) is 36.0 Å². The molecule has 12 nitrogen and oxygen atoms in total. The number of anilines is 1. The molecule has 0 aliphatic carbocycles.